The summed E-state index contributed by atoms with van der Waals surface area (Å²) in [6.45, 7) is 4.04. The predicted molar refractivity (Wildman–Crippen MR) is 102 cm³/mol. The zero-order chi connectivity index (χ0) is 19.6. The molecule has 1 aliphatic rings. The summed E-state index contributed by atoms with van der Waals surface area (Å²) >= 11 is 1.33. The number of hydrogen-bond acceptors (Lipinski definition) is 6. The van der Waals surface area contributed by atoms with E-state index < -0.39 is 27.9 Å². The summed E-state index contributed by atoms with van der Waals surface area (Å²) in [7, 11) is -3.89. The standard InChI is InChI=1S/C17H20N4O4S2/c1-11-12(2)26-17(19-11)20-15(22)10-14-16(23)18-8-9-21(14)27(24,25)13-6-4-3-5-7-13/h3-7,14H,8-10H2,1-2H3,(H,18,23)(H,19,20,22)/t14-/m0/s1. The predicted octanol–water partition coefficient (Wildman–Crippen LogP) is 1.28. The van der Waals surface area contributed by atoms with Crippen molar-refractivity contribution in [1.29, 1.82) is 0 Å². The molecule has 2 heterocycles. The number of piperazine rings is 1. The number of hydrogen-bond donors (Lipinski definition) is 2. The Bertz CT molecular complexity index is 937. The molecule has 0 bridgehead atoms. The molecular formula is C17H20N4O4S2. The number of sulfonamides is 1. The first kappa shape index (κ1) is 19.5. The van der Waals surface area contributed by atoms with Gasteiger partial charge in [-0.2, -0.15) is 4.31 Å². The molecule has 1 aliphatic heterocycles. The third kappa shape index (κ3) is 4.18. The lowest BCUT2D eigenvalue weighted by Crippen LogP contribution is -2.57. The minimum atomic E-state index is -3.89. The maximum atomic E-state index is 12.9. The summed E-state index contributed by atoms with van der Waals surface area (Å²) in [5.41, 5.74) is 0.819. The van der Waals surface area contributed by atoms with Crippen molar-refractivity contribution in [1.82, 2.24) is 14.6 Å². The fourth-order valence-corrected chi connectivity index (χ4v) is 5.22. The Balaban J connectivity index is 1.80. The van der Waals surface area contributed by atoms with Crippen LogP contribution in [0.5, 0.6) is 0 Å². The van der Waals surface area contributed by atoms with E-state index in [1.165, 1.54) is 23.5 Å². The van der Waals surface area contributed by atoms with Gasteiger partial charge in [-0.1, -0.05) is 18.2 Å². The summed E-state index contributed by atoms with van der Waals surface area (Å²) in [5.74, 6) is -0.943. The van der Waals surface area contributed by atoms with Gasteiger partial charge in [0.05, 0.1) is 17.0 Å². The summed E-state index contributed by atoms with van der Waals surface area (Å²) in [4.78, 5) is 30.0. The van der Waals surface area contributed by atoms with Crippen LogP contribution in [0, 0.1) is 13.8 Å². The first-order valence-corrected chi connectivity index (χ1v) is 10.6. The van der Waals surface area contributed by atoms with Crippen molar-refractivity contribution in [2.24, 2.45) is 0 Å². The molecule has 1 atom stereocenters. The molecule has 2 aromatic rings. The average molecular weight is 409 g/mol. The molecular weight excluding hydrogens is 388 g/mol. The van der Waals surface area contributed by atoms with Crippen LogP contribution in [0.3, 0.4) is 0 Å². The van der Waals surface area contributed by atoms with E-state index in [9.17, 15) is 18.0 Å². The van der Waals surface area contributed by atoms with Crippen molar-refractivity contribution >= 4 is 38.3 Å². The number of aryl methyl sites for hydroxylation is 2. The molecule has 27 heavy (non-hydrogen) atoms. The SMILES string of the molecule is Cc1nc(NC(=O)C[C@H]2C(=O)NCCN2S(=O)(=O)c2ccccc2)sc1C. The van der Waals surface area contributed by atoms with E-state index in [1.54, 1.807) is 18.2 Å². The molecule has 8 nitrogen and oxygen atoms in total. The van der Waals surface area contributed by atoms with Gasteiger partial charge in [0.15, 0.2) is 5.13 Å². The zero-order valence-electron chi connectivity index (χ0n) is 14.9. The maximum Gasteiger partial charge on any atom is 0.243 e. The Hall–Kier alpha value is -2.30. The summed E-state index contributed by atoms with van der Waals surface area (Å²) in [6.07, 6.45) is -0.282. The zero-order valence-corrected chi connectivity index (χ0v) is 16.6. The fourth-order valence-electron chi connectivity index (χ4n) is 2.78. The van der Waals surface area contributed by atoms with Gasteiger partial charge in [-0.15, -0.1) is 11.3 Å². The number of nitrogens with zero attached hydrogens (tertiary/aromatic N) is 2. The highest BCUT2D eigenvalue weighted by molar-refractivity contribution is 7.89. The molecule has 2 N–H and O–H groups in total. The van der Waals surface area contributed by atoms with Crippen LogP contribution in [0.1, 0.15) is 17.0 Å². The van der Waals surface area contributed by atoms with Crippen LogP contribution in [-0.2, 0) is 19.6 Å². The lowest BCUT2D eigenvalue weighted by molar-refractivity contribution is -0.130. The van der Waals surface area contributed by atoms with Gasteiger partial charge < -0.3 is 10.6 Å². The molecule has 0 unspecified atom stereocenters. The summed E-state index contributed by atoms with van der Waals surface area (Å²) in [5, 5.41) is 5.71. The van der Waals surface area contributed by atoms with Crippen molar-refractivity contribution < 1.29 is 18.0 Å². The largest absolute Gasteiger partial charge is 0.353 e. The number of carbonyl (C=O) groups is 2. The van der Waals surface area contributed by atoms with Gasteiger partial charge in [-0.3, -0.25) is 9.59 Å². The molecule has 144 valence electrons. The number of nitrogens with one attached hydrogen (secondary N) is 2. The van der Waals surface area contributed by atoms with E-state index in [2.05, 4.69) is 15.6 Å². The second kappa shape index (κ2) is 7.75. The topological polar surface area (TPSA) is 108 Å². The van der Waals surface area contributed by atoms with E-state index in [0.29, 0.717) is 5.13 Å². The van der Waals surface area contributed by atoms with Gasteiger partial charge in [0.1, 0.15) is 6.04 Å². The number of anilines is 1. The third-order valence-corrected chi connectivity index (χ3v) is 7.20. The highest BCUT2D eigenvalue weighted by Crippen LogP contribution is 2.24. The van der Waals surface area contributed by atoms with Gasteiger partial charge >= 0.3 is 0 Å². The van der Waals surface area contributed by atoms with Gasteiger partial charge in [0, 0.05) is 18.0 Å². The molecule has 0 radical (unpaired) electrons. The van der Waals surface area contributed by atoms with Crippen LogP contribution < -0.4 is 10.6 Å². The maximum absolute atomic E-state index is 12.9. The van der Waals surface area contributed by atoms with Crippen LogP contribution in [-0.4, -0.2) is 48.7 Å². The van der Waals surface area contributed by atoms with Crippen molar-refractivity contribution in [3.05, 3.63) is 40.9 Å². The molecule has 1 fully saturated rings. The lowest BCUT2D eigenvalue weighted by Gasteiger charge is -2.33. The molecule has 1 aromatic heterocycles. The average Bonchev–Trinajstić information content (AvgIpc) is 2.94. The molecule has 0 spiro atoms. The van der Waals surface area contributed by atoms with E-state index in [4.69, 9.17) is 0 Å². The Morgan fingerprint density at radius 3 is 2.67 bits per heavy atom. The van der Waals surface area contributed by atoms with Crippen LogP contribution in [0.15, 0.2) is 35.2 Å². The Morgan fingerprint density at radius 2 is 2.04 bits per heavy atom. The molecule has 10 heteroatoms. The van der Waals surface area contributed by atoms with Gasteiger partial charge in [-0.05, 0) is 26.0 Å². The lowest BCUT2D eigenvalue weighted by atomic mass is 10.1. The van der Waals surface area contributed by atoms with Crippen molar-refractivity contribution in [3.63, 3.8) is 0 Å². The number of thiazole rings is 1. The van der Waals surface area contributed by atoms with Gasteiger partial charge in [-0.25, -0.2) is 13.4 Å². The number of carbonyl (C=O) groups excluding carboxylic acids is 2. The summed E-state index contributed by atoms with van der Waals surface area (Å²) in [6, 6.07) is 6.79. The molecule has 2 amide bonds. The Labute approximate surface area is 161 Å². The molecule has 1 aromatic carbocycles. The van der Waals surface area contributed by atoms with Crippen LogP contribution in [0.2, 0.25) is 0 Å². The van der Waals surface area contributed by atoms with Crippen molar-refractivity contribution in [2.75, 3.05) is 18.4 Å². The Morgan fingerprint density at radius 1 is 1.33 bits per heavy atom. The van der Waals surface area contributed by atoms with E-state index in [0.717, 1.165) is 14.9 Å². The third-order valence-electron chi connectivity index (χ3n) is 4.29. The second-order valence-electron chi connectivity index (χ2n) is 6.15. The quantitative estimate of drug-likeness (QED) is 0.775. The monoisotopic (exact) mass is 408 g/mol. The molecule has 3 rings (SSSR count). The second-order valence-corrected chi connectivity index (χ2v) is 9.24. The fraction of sp³-hybridized carbons (Fsp3) is 0.353. The number of benzene rings is 1. The van der Waals surface area contributed by atoms with E-state index in [-0.39, 0.29) is 24.4 Å². The van der Waals surface area contributed by atoms with E-state index >= 15 is 0 Å². The van der Waals surface area contributed by atoms with Crippen LogP contribution >= 0.6 is 11.3 Å². The Kier molecular flexibility index (Phi) is 5.59. The smallest absolute Gasteiger partial charge is 0.243 e. The first-order chi connectivity index (χ1) is 12.8. The highest BCUT2D eigenvalue weighted by atomic mass is 32.2. The highest BCUT2D eigenvalue weighted by Gasteiger charge is 2.39. The first-order valence-electron chi connectivity index (χ1n) is 8.37. The van der Waals surface area contributed by atoms with Crippen molar-refractivity contribution in [2.45, 2.75) is 31.2 Å². The number of rotatable bonds is 5. The van der Waals surface area contributed by atoms with Crippen LogP contribution in [0.4, 0.5) is 5.13 Å². The number of amides is 2. The minimum Gasteiger partial charge on any atom is -0.353 e. The van der Waals surface area contributed by atoms with E-state index in [1.807, 2.05) is 13.8 Å². The number of aromatic nitrogens is 1. The normalized spacial score (nSPS) is 18.1. The van der Waals surface area contributed by atoms with Gasteiger partial charge in [0.2, 0.25) is 21.8 Å². The molecule has 0 aliphatic carbocycles. The molecule has 0 saturated carbocycles. The van der Waals surface area contributed by atoms with Crippen LogP contribution in [0.25, 0.3) is 0 Å². The minimum absolute atomic E-state index is 0.0938. The van der Waals surface area contributed by atoms with Crippen molar-refractivity contribution in [3.8, 4) is 0 Å². The summed E-state index contributed by atoms with van der Waals surface area (Å²) < 4.78 is 27.0. The molecule has 1 saturated heterocycles. The van der Waals surface area contributed by atoms with Gasteiger partial charge in [0.25, 0.3) is 0 Å².